The zero-order valence-corrected chi connectivity index (χ0v) is 14.5. The van der Waals surface area contributed by atoms with E-state index in [1.807, 2.05) is 0 Å². The lowest BCUT2D eigenvalue weighted by atomic mass is 9.91. The lowest BCUT2D eigenvalue weighted by Crippen LogP contribution is -2.39. The van der Waals surface area contributed by atoms with Gasteiger partial charge >= 0.3 is 5.97 Å². The van der Waals surface area contributed by atoms with E-state index >= 15 is 0 Å². The smallest absolute Gasteiger partial charge is 0.306 e. The van der Waals surface area contributed by atoms with Crippen molar-refractivity contribution in [1.29, 1.82) is 0 Å². The van der Waals surface area contributed by atoms with Crippen molar-refractivity contribution < 1.29 is 23.4 Å². The van der Waals surface area contributed by atoms with Crippen LogP contribution in [0.25, 0.3) is 0 Å². The molecule has 1 heterocycles. The van der Waals surface area contributed by atoms with Gasteiger partial charge in [0.25, 0.3) is 0 Å². The molecule has 26 heavy (non-hydrogen) atoms. The molecule has 1 fully saturated rings. The highest BCUT2D eigenvalue weighted by molar-refractivity contribution is 5.70. The summed E-state index contributed by atoms with van der Waals surface area (Å²) in [6.07, 6.45) is 1.04. The highest BCUT2D eigenvalue weighted by Crippen LogP contribution is 2.37. The summed E-state index contributed by atoms with van der Waals surface area (Å²) >= 11 is 0. The number of nitrogens with zero attached hydrogens (tertiary/aromatic N) is 1. The Morgan fingerprint density at radius 2 is 1.73 bits per heavy atom. The maximum Gasteiger partial charge on any atom is 0.306 e. The predicted molar refractivity (Wildman–Crippen MR) is 93.1 cm³/mol. The SMILES string of the molecule is COc1ccc(F)cc1C(c1ccc(F)cc1)N1CCC(C(=O)O)CC1. The van der Waals surface area contributed by atoms with E-state index in [0.717, 1.165) is 5.56 Å². The molecular formula is C20H21F2NO3. The first kappa shape index (κ1) is 18.3. The second-order valence-electron chi connectivity index (χ2n) is 6.49. The van der Waals surface area contributed by atoms with Gasteiger partial charge in [0, 0.05) is 5.56 Å². The number of rotatable bonds is 5. The summed E-state index contributed by atoms with van der Waals surface area (Å²) in [6.45, 7) is 1.11. The first-order valence-corrected chi connectivity index (χ1v) is 8.55. The Hall–Kier alpha value is -2.47. The molecule has 0 amide bonds. The standard InChI is InChI=1S/C20H21F2NO3/c1-26-18-7-6-16(22)12-17(18)19(13-2-4-15(21)5-3-13)23-10-8-14(9-11-23)20(24)25/h2-7,12,14,19H,8-11H2,1H3,(H,24,25). The number of carboxylic acid groups (broad SMARTS) is 1. The van der Waals surface area contributed by atoms with Crippen LogP contribution in [-0.4, -0.2) is 36.2 Å². The Morgan fingerprint density at radius 1 is 1.12 bits per heavy atom. The van der Waals surface area contributed by atoms with E-state index in [4.69, 9.17) is 4.74 Å². The van der Waals surface area contributed by atoms with Gasteiger partial charge in [0.1, 0.15) is 17.4 Å². The topological polar surface area (TPSA) is 49.8 Å². The molecular weight excluding hydrogens is 340 g/mol. The Balaban J connectivity index is 1.99. The average Bonchev–Trinajstić information content (AvgIpc) is 2.64. The number of carboxylic acids is 1. The van der Waals surface area contributed by atoms with Crippen LogP contribution < -0.4 is 4.74 Å². The number of halogens is 2. The third-order valence-electron chi connectivity index (χ3n) is 4.92. The molecule has 6 heteroatoms. The van der Waals surface area contributed by atoms with Crippen molar-refractivity contribution in [2.24, 2.45) is 5.92 Å². The zero-order valence-electron chi connectivity index (χ0n) is 14.5. The summed E-state index contributed by atoms with van der Waals surface area (Å²) in [5, 5.41) is 9.22. The number of aliphatic carboxylic acids is 1. The second-order valence-corrected chi connectivity index (χ2v) is 6.49. The van der Waals surface area contributed by atoms with Crippen LogP contribution in [0.1, 0.15) is 30.0 Å². The number of methoxy groups -OCH3 is 1. The summed E-state index contributed by atoms with van der Waals surface area (Å²) in [6, 6.07) is 10.1. The van der Waals surface area contributed by atoms with E-state index < -0.39 is 5.97 Å². The van der Waals surface area contributed by atoms with Crippen LogP contribution in [0.3, 0.4) is 0 Å². The molecule has 1 aliphatic rings. The Kier molecular flexibility index (Phi) is 5.52. The van der Waals surface area contributed by atoms with E-state index in [9.17, 15) is 18.7 Å². The highest BCUT2D eigenvalue weighted by atomic mass is 19.1. The molecule has 2 aromatic carbocycles. The van der Waals surface area contributed by atoms with E-state index in [2.05, 4.69) is 4.90 Å². The minimum atomic E-state index is -0.786. The van der Waals surface area contributed by atoms with Gasteiger partial charge in [-0.05, 0) is 61.8 Å². The number of ether oxygens (including phenoxy) is 1. The molecule has 1 aliphatic heterocycles. The maximum atomic E-state index is 13.9. The van der Waals surface area contributed by atoms with E-state index in [1.54, 1.807) is 18.2 Å². The first-order valence-electron chi connectivity index (χ1n) is 8.55. The molecule has 0 radical (unpaired) electrons. The Bertz CT molecular complexity index is 771. The van der Waals surface area contributed by atoms with Gasteiger partial charge in [-0.1, -0.05) is 12.1 Å². The van der Waals surface area contributed by atoms with Crippen LogP contribution in [0.4, 0.5) is 8.78 Å². The fraction of sp³-hybridized carbons (Fsp3) is 0.350. The van der Waals surface area contributed by atoms with Crippen LogP contribution in [0, 0.1) is 17.6 Å². The molecule has 0 bridgehead atoms. The van der Waals surface area contributed by atoms with Crippen LogP contribution in [0.2, 0.25) is 0 Å². The molecule has 1 atom stereocenters. The lowest BCUT2D eigenvalue weighted by molar-refractivity contribution is -0.143. The van der Waals surface area contributed by atoms with E-state index in [0.29, 0.717) is 37.2 Å². The summed E-state index contributed by atoms with van der Waals surface area (Å²) in [7, 11) is 1.52. The van der Waals surface area contributed by atoms with Crippen LogP contribution >= 0.6 is 0 Å². The van der Waals surface area contributed by atoms with Gasteiger partial charge in [-0.2, -0.15) is 0 Å². The Morgan fingerprint density at radius 3 is 2.31 bits per heavy atom. The molecule has 0 spiro atoms. The number of benzene rings is 2. The number of piperidine rings is 1. The summed E-state index contributed by atoms with van der Waals surface area (Å²) in [5.41, 5.74) is 1.46. The van der Waals surface area contributed by atoms with Crippen molar-refractivity contribution in [3.8, 4) is 5.75 Å². The van der Waals surface area contributed by atoms with Crippen LogP contribution in [-0.2, 0) is 4.79 Å². The van der Waals surface area contributed by atoms with Gasteiger partial charge in [0.05, 0.1) is 19.1 Å². The quantitative estimate of drug-likeness (QED) is 0.879. The fourth-order valence-corrected chi connectivity index (χ4v) is 3.56. The van der Waals surface area contributed by atoms with Gasteiger partial charge < -0.3 is 9.84 Å². The molecule has 1 N–H and O–H groups in total. The average molecular weight is 361 g/mol. The van der Waals surface area contributed by atoms with Crippen molar-refractivity contribution in [1.82, 2.24) is 4.90 Å². The third-order valence-corrected chi connectivity index (χ3v) is 4.92. The second kappa shape index (κ2) is 7.83. The van der Waals surface area contributed by atoms with Gasteiger partial charge in [-0.3, -0.25) is 9.69 Å². The van der Waals surface area contributed by atoms with E-state index in [1.165, 1.54) is 31.4 Å². The highest BCUT2D eigenvalue weighted by Gasteiger charge is 2.31. The number of hydrogen-bond donors (Lipinski definition) is 1. The fourth-order valence-electron chi connectivity index (χ4n) is 3.56. The van der Waals surface area contributed by atoms with Gasteiger partial charge in [-0.25, -0.2) is 8.78 Å². The number of hydrogen-bond acceptors (Lipinski definition) is 3. The van der Waals surface area contributed by atoms with Crippen molar-refractivity contribution in [2.75, 3.05) is 20.2 Å². The summed E-state index contributed by atoms with van der Waals surface area (Å²) in [4.78, 5) is 13.3. The van der Waals surface area contributed by atoms with Crippen LogP contribution in [0.5, 0.6) is 5.75 Å². The molecule has 3 rings (SSSR count). The van der Waals surface area contributed by atoms with Crippen molar-refractivity contribution in [2.45, 2.75) is 18.9 Å². The maximum absolute atomic E-state index is 13.9. The summed E-state index contributed by atoms with van der Waals surface area (Å²) < 4.78 is 32.7. The summed E-state index contributed by atoms with van der Waals surface area (Å²) in [5.74, 6) is -1.33. The van der Waals surface area contributed by atoms with E-state index in [-0.39, 0.29) is 23.6 Å². The minimum Gasteiger partial charge on any atom is -0.496 e. The first-order chi connectivity index (χ1) is 12.5. The molecule has 1 unspecified atom stereocenters. The number of carbonyl (C=O) groups is 1. The zero-order chi connectivity index (χ0) is 18.7. The Labute approximate surface area is 151 Å². The monoisotopic (exact) mass is 361 g/mol. The molecule has 2 aromatic rings. The molecule has 4 nitrogen and oxygen atoms in total. The largest absolute Gasteiger partial charge is 0.496 e. The molecule has 0 aliphatic carbocycles. The molecule has 138 valence electrons. The minimum absolute atomic E-state index is 0.337. The lowest BCUT2D eigenvalue weighted by Gasteiger charge is -2.37. The van der Waals surface area contributed by atoms with Gasteiger partial charge in [0.2, 0.25) is 0 Å². The van der Waals surface area contributed by atoms with Gasteiger partial charge in [-0.15, -0.1) is 0 Å². The van der Waals surface area contributed by atoms with Crippen molar-refractivity contribution in [3.05, 3.63) is 65.2 Å². The van der Waals surface area contributed by atoms with Crippen molar-refractivity contribution >= 4 is 5.97 Å². The molecule has 0 saturated carbocycles. The van der Waals surface area contributed by atoms with Gasteiger partial charge in [0.15, 0.2) is 0 Å². The number of likely N-dealkylation sites (tertiary alicyclic amines) is 1. The van der Waals surface area contributed by atoms with Crippen molar-refractivity contribution in [3.63, 3.8) is 0 Å². The van der Waals surface area contributed by atoms with Crippen LogP contribution in [0.15, 0.2) is 42.5 Å². The third kappa shape index (κ3) is 3.85. The molecule has 0 aromatic heterocycles. The normalized spacial score (nSPS) is 17.0. The predicted octanol–water partition coefficient (Wildman–Crippen LogP) is 3.86. The molecule has 1 saturated heterocycles.